The van der Waals surface area contributed by atoms with Gasteiger partial charge in [-0.15, -0.1) is 0 Å². The molecule has 0 aromatic heterocycles. The Morgan fingerprint density at radius 2 is 1.67 bits per heavy atom. The lowest BCUT2D eigenvalue weighted by Gasteiger charge is -2.10. The van der Waals surface area contributed by atoms with Crippen LogP contribution in [0.3, 0.4) is 0 Å². The molecule has 0 N–H and O–H groups in total. The van der Waals surface area contributed by atoms with Crippen molar-refractivity contribution >= 4 is 7.85 Å². The van der Waals surface area contributed by atoms with Crippen LogP contribution in [0, 0.1) is 5.92 Å². The third kappa shape index (κ3) is 4.49. The van der Waals surface area contributed by atoms with Gasteiger partial charge < -0.3 is 9.47 Å². The van der Waals surface area contributed by atoms with E-state index in [9.17, 15) is 0 Å². The van der Waals surface area contributed by atoms with Gasteiger partial charge >= 0.3 is 0 Å². The van der Waals surface area contributed by atoms with E-state index in [2.05, 4.69) is 7.85 Å². The van der Waals surface area contributed by atoms with Crippen LogP contribution in [0.4, 0.5) is 0 Å². The predicted octanol–water partition coefficient (Wildman–Crippen LogP) is -0.0532. The van der Waals surface area contributed by atoms with E-state index in [-0.39, 0.29) is 0 Å². The van der Waals surface area contributed by atoms with E-state index in [1.165, 1.54) is 0 Å². The average molecular weight is 130 g/mol. The summed E-state index contributed by atoms with van der Waals surface area (Å²) in [5, 5.41) is 0. The van der Waals surface area contributed by atoms with E-state index in [0.717, 1.165) is 19.5 Å². The predicted molar refractivity (Wildman–Crippen MR) is 40.6 cm³/mol. The lowest BCUT2D eigenvalue weighted by Crippen LogP contribution is -2.13. The van der Waals surface area contributed by atoms with E-state index in [4.69, 9.17) is 9.47 Å². The minimum absolute atomic E-state index is 0.569. The fraction of sp³-hybridized carbons (Fsp3) is 1.00. The summed E-state index contributed by atoms with van der Waals surface area (Å²) in [6.07, 6.45) is 1.13. The topological polar surface area (TPSA) is 18.5 Å². The SMILES string of the molecule is BCC(COC)COC. The van der Waals surface area contributed by atoms with Gasteiger partial charge in [0.2, 0.25) is 0 Å². The van der Waals surface area contributed by atoms with E-state index in [1.54, 1.807) is 14.2 Å². The Morgan fingerprint density at radius 3 is 1.89 bits per heavy atom. The summed E-state index contributed by atoms with van der Waals surface area (Å²) in [7, 11) is 5.58. The number of rotatable bonds is 5. The Morgan fingerprint density at radius 1 is 1.22 bits per heavy atom. The van der Waals surface area contributed by atoms with Gasteiger partial charge in [0.15, 0.2) is 0 Å². The van der Waals surface area contributed by atoms with Gasteiger partial charge in [-0.25, -0.2) is 0 Å². The van der Waals surface area contributed by atoms with Crippen LogP contribution in [0.5, 0.6) is 0 Å². The first-order valence-electron chi connectivity index (χ1n) is 3.33. The van der Waals surface area contributed by atoms with Crippen molar-refractivity contribution in [3.63, 3.8) is 0 Å². The van der Waals surface area contributed by atoms with Crippen LogP contribution >= 0.6 is 0 Å². The van der Waals surface area contributed by atoms with Crippen molar-refractivity contribution in [2.45, 2.75) is 6.32 Å². The lowest BCUT2D eigenvalue weighted by atomic mass is 9.92. The first kappa shape index (κ1) is 8.98. The van der Waals surface area contributed by atoms with Crippen LogP contribution in [0.25, 0.3) is 0 Å². The molecule has 0 aliphatic carbocycles. The fourth-order valence-electron chi connectivity index (χ4n) is 0.755. The molecule has 0 spiro atoms. The fourth-order valence-corrected chi connectivity index (χ4v) is 0.755. The third-order valence-corrected chi connectivity index (χ3v) is 1.38. The molecule has 0 saturated carbocycles. The van der Waals surface area contributed by atoms with Crippen molar-refractivity contribution in [2.75, 3.05) is 27.4 Å². The van der Waals surface area contributed by atoms with Crippen LogP contribution in [-0.2, 0) is 9.47 Å². The van der Waals surface area contributed by atoms with Gasteiger partial charge in [0.25, 0.3) is 0 Å². The molecule has 9 heavy (non-hydrogen) atoms. The minimum Gasteiger partial charge on any atom is -0.384 e. The van der Waals surface area contributed by atoms with Gasteiger partial charge in [0.1, 0.15) is 7.85 Å². The monoisotopic (exact) mass is 130 g/mol. The van der Waals surface area contributed by atoms with Crippen molar-refractivity contribution in [2.24, 2.45) is 5.92 Å². The molecule has 3 heteroatoms. The summed E-state index contributed by atoms with van der Waals surface area (Å²) < 4.78 is 9.93. The summed E-state index contributed by atoms with van der Waals surface area (Å²) in [5.74, 6) is 0.569. The maximum atomic E-state index is 4.97. The Bertz CT molecular complexity index is 53.0. The molecular weight excluding hydrogens is 115 g/mol. The van der Waals surface area contributed by atoms with E-state index in [0.29, 0.717) is 5.92 Å². The molecule has 0 atom stereocenters. The number of methoxy groups -OCH3 is 2. The Hall–Kier alpha value is -0.0151. The molecule has 0 aliphatic heterocycles. The van der Waals surface area contributed by atoms with Crippen LogP contribution in [-0.4, -0.2) is 35.3 Å². The van der Waals surface area contributed by atoms with E-state index in [1.807, 2.05) is 0 Å². The second kappa shape index (κ2) is 6.11. The van der Waals surface area contributed by atoms with Crippen molar-refractivity contribution in [1.82, 2.24) is 0 Å². The van der Waals surface area contributed by atoms with Crippen molar-refractivity contribution in [3.8, 4) is 0 Å². The summed E-state index contributed by atoms with van der Waals surface area (Å²) >= 11 is 0. The highest BCUT2D eigenvalue weighted by atomic mass is 16.5. The largest absolute Gasteiger partial charge is 0.384 e. The molecule has 0 saturated heterocycles. The van der Waals surface area contributed by atoms with Crippen molar-refractivity contribution < 1.29 is 9.47 Å². The van der Waals surface area contributed by atoms with Crippen molar-refractivity contribution in [3.05, 3.63) is 0 Å². The zero-order valence-electron chi connectivity index (χ0n) is 6.52. The molecule has 0 amide bonds. The molecule has 0 bridgehead atoms. The van der Waals surface area contributed by atoms with Gasteiger partial charge in [0, 0.05) is 14.2 Å². The maximum Gasteiger partial charge on any atom is 0.101 e. The average Bonchev–Trinajstić information content (AvgIpc) is 1.88. The standard InChI is InChI=1S/C6H15BO2/c1-8-4-6(3-7)5-9-2/h6H,3-5,7H2,1-2H3. The van der Waals surface area contributed by atoms with Gasteiger partial charge in [-0.2, -0.15) is 0 Å². The zero-order chi connectivity index (χ0) is 7.11. The summed E-state index contributed by atoms with van der Waals surface area (Å²) in [4.78, 5) is 0. The van der Waals surface area contributed by atoms with Gasteiger partial charge in [-0.3, -0.25) is 0 Å². The molecule has 0 aromatic carbocycles. The number of hydrogen-bond donors (Lipinski definition) is 0. The molecule has 0 unspecified atom stereocenters. The summed E-state index contributed by atoms with van der Waals surface area (Å²) in [5.41, 5.74) is 0. The van der Waals surface area contributed by atoms with E-state index < -0.39 is 0 Å². The molecule has 0 fully saturated rings. The zero-order valence-corrected chi connectivity index (χ0v) is 6.52. The highest BCUT2D eigenvalue weighted by molar-refractivity contribution is 6.08. The normalized spacial score (nSPS) is 10.6. The van der Waals surface area contributed by atoms with Crippen LogP contribution in [0.2, 0.25) is 6.32 Å². The van der Waals surface area contributed by atoms with E-state index >= 15 is 0 Å². The molecular formula is C6H15BO2. The lowest BCUT2D eigenvalue weighted by molar-refractivity contribution is 0.0935. The van der Waals surface area contributed by atoms with Crippen molar-refractivity contribution in [1.29, 1.82) is 0 Å². The van der Waals surface area contributed by atoms with Gasteiger partial charge in [-0.1, -0.05) is 6.32 Å². The Kier molecular flexibility index (Phi) is 6.10. The molecule has 54 valence electrons. The molecule has 0 aliphatic rings. The van der Waals surface area contributed by atoms with Crippen LogP contribution in [0.15, 0.2) is 0 Å². The van der Waals surface area contributed by atoms with Gasteiger partial charge in [-0.05, 0) is 5.92 Å². The second-order valence-electron chi connectivity index (χ2n) is 2.18. The van der Waals surface area contributed by atoms with Crippen LogP contribution in [0.1, 0.15) is 0 Å². The molecule has 0 radical (unpaired) electrons. The minimum atomic E-state index is 0.569. The molecule has 0 rings (SSSR count). The van der Waals surface area contributed by atoms with Crippen LogP contribution < -0.4 is 0 Å². The first-order valence-corrected chi connectivity index (χ1v) is 3.33. The Labute approximate surface area is 57.9 Å². The summed E-state index contributed by atoms with van der Waals surface area (Å²) in [6.45, 7) is 1.62. The summed E-state index contributed by atoms with van der Waals surface area (Å²) in [6, 6.07) is 0. The number of ether oxygens (including phenoxy) is 2. The smallest absolute Gasteiger partial charge is 0.101 e. The third-order valence-electron chi connectivity index (χ3n) is 1.38. The molecule has 0 heterocycles. The first-order chi connectivity index (χ1) is 4.35. The highest BCUT2D eigenvalue weighted by Crippen LogP contribution is 2.00. The Balaban J connectivity index is 3.18. The maximum absolute atomic E-state index is 4.97. The highest BCUT2D eigenvalue weighted by Gasteiger charge is 2.02. The van der Waals surface area contributed by atoms with Gasteiger partial charge in [0.05, 0.1) is 13.2 Å². The second-order valence-corrected chi connectivity index (χ2v) is 2.18. The molecule has 0 aromatic rings. The molecule has 2 nitrogen and oxygen atoms in total. The number of hydrogen-bond acceptors (Lipinski definition) is 2. The quantitative estimate of drug-likeness (QED) is 0.485.